The zero-order valence-electron chi connectivity index (χ0n) is 17.1. The molecule has 0 aliphatic rings. The van der Waals surface area contributed by atoms with Gasteiger partial charge in [-0.2, -0.15) is 0 Å². The minimum atomic E-state index is -0.0847. The minimum absolute atomic E-state index is 0.0847. The van der Waals surface area contributed by atoms with Gasteiger partial charge in [-0.15, -0.1) is 0 Å². The molecule has 0 spiro atoms. The van der Waals surface area contributed by atoms with Gasteiger partial charge in [0.25, 0.3) is 5.56 Å². The second kappa shape index (κ2) is 8.42. The lowest BCUT2D eigenvalue weighted by atomic mass is 10.0. The van der Waals surface area contributed by atoms with Gasteiger partial charge >= 0.3 is 0 Å². The van der Waals surface area contributed by atoms with Crippen molar-refractivity contribution in [1.29, 1.82) is 0 Å². The molecule has 3 heterocycles. The molecule has 0 amide bonds. The SMILES string of the molecule is CNCc1ccc(-c2cc(-c3cncc(-c4c[nH]c(=O)c(C(C)C)c4)n3)on2)cc1. The van der Waals surface area contributed by atoms with Crippen molar-refractivity contribution in [3.63, 3.8) is 0 Å². The number of aromatic amines is 1. The molecule has 7 nitrogen and oxygen atoms in total. The lowest BCUT2D eigenvalue weighted by molar-refractivity contribution is 0.433. The highest BCUT2D eigenvalue weighted by atomic mass is 16.5. The standard InChI is InChI=1S/C23H23N5O2/c1-14(2)18-8-17(11-26-23(18)29)20-12-25-13-21(27-20)22-9-19(28-30-22)16-6-4-15(5-7-16)10-24-3/h4-9,11-14,24H,10H2,1-3H3,(H,26,29). The molecule has 1 aromatic carbocycles. The molecule has 0 unspecified atom stereocenters. The van der Waals surface area contributed by atoms with Crippen LogP contribution < -0.4 is 10.9 Å². The van der Waals surface area contributed by atoms with E-state index < -0.39 is 0 Å². The van der Waals surface area contributed by atoms with Crippen molar-refractivity contribution in [3.8, 4) is 34.0 Å². The Bertz CT molecular complexity index is 1210. The second-order valence-electron chi connectivity index (χ2n) is 7.42. The molecule has 0 saturated carbocycles. The summed E-state index contributed by atoms with van der Waals surface area (Å²) in [5, 5.41) is 7.32. The van der Waals surface area contributed by atoms with Gasteiger partial charge in [0.15, 0.2) is 5.76 Å². The summed E-state index contributed by atoms with van der Waals surface area (Å²) in [6.07, 6.45) is 4.96. The first-order valence-electron chi connectivity index (χ1n) is 9.81. The molecule has 0 aliphatic carbocycles. The average Bonchev–Trinajstić information content (AvgIpc) is 3.25. The van der Waals surface area contributed by atoms with Gasteiger partial charge in [0.05, 0.1) is 18.1 Å². The third kappa shape index (κ3) is 4.06. The molecular weight excluding hydrogens is 378 g/mol. The van der Waals surface area contributed by atoms with Gasteiger partial charge in [0.1, 0.15) is 11.4 Å². The quantitative estimate of drug-likeness (QED) is 0.507. The predicted molar refractivity (Wildman–Crippen MR) is 116 cm³/mol. The Morgan fingerprint density at radius 1 is 1.03 bits per heavy atom. The Hall–Kier alpha value is -3.58. The van der Waals surface area contributed by atoms with Crippen LogP contribution in [0.4, 0.5) is 0 Å². The van der Waals surface area contributed by atoms with E-state index in [1.807, 2.05) is 45.2 Å². The molecule has 30 heavy (non-hydrogen) atoms. The summed E-state index contributed by atoms with van der Waals surface area (Å²) in [7, 11) is 1.92. The molecule has 0 saturated heterocycles. The maximum Gasteiger partial charge on any atom is 0.251 e. The van der Waals surface area contributed by atoms with E-state index in [-0.39, 0.29) is 11.5 Å². The average molecular weight is 401 g/mol. The molecule has 4 rings (SSSR count). The summed E-state index contributed by atoms with van der Waals surface area (Å²) in [6, 6.07) is 11.9. The molecule has 152 valence electrons. The molecule has 7 heteroatoms. The molecule has 3 aromatic heterocycles. The third-order valence-corrected chi connectivity index (χ3v) is 4.88. The van der Waals surface area contributed by atoms with Crippen molar-refractivity contribution in [1.82, 2.24) is 25.4 Å². The fraction of sp³-hybridized carbons (Fsp3) is 0.217. The molecule has 0 atom stereocenters. The minimum Gasteiger partial charge on any atom is -0.354 e. The van der Waals surface area contributed by atoms with Crippen LogP contribution in [0, 0.1) is 0 Å². The third-order valence-electron chi connectivity index (χ3n) is 4.88. The summed E-state index contributed by atoms with van der Waals surface area (Å²) in [4.78, 5) is 23.8. The number of pyridine rings is 1. The first kappa shape index (κ1) is 19.7. The van der Waals surface area contributed by atoms with Crippen LogP contribution in [0.15, 0.2) is 64.3 Å². The number of rotatable bonds is 6. The zero-order chi connectivity index (χ0) is 21.1. The Labute approximate surface area is 174 Å². The van der Waals surface area contributed by atoms with Gasteiger partial charge in [-0.25, -0.2) is 4.98 Å². The van der Waals surface area contributed by atoms with E-state index >= 15 is 0 Å². The second-order valence-corrected chi connectivity index (χ2v) is 7.42. The molecule has 4 aromatic rings. The normalized spacial score (nSPS) is 11.2. The highest BCUT2D eigenvalue weighted by Crippen LogP contribution is 2.27. The summed E-state index contributed by atoms with van der Waals surface area (Å²) in [6.45, 7) is 4.78. The van der Waals surface area contributed by atoms with E-state index in [0.29, 0.717) is 22.7 Å². The van der Waals surface area contributed by atoms with Gasteiger partial charge in [-0.05, 0) is 24.6 Å². The highest BCUT2D eigenvalue weighted by Gasteiger charge is 2.13. The highest BCUT2D eigenvalue weighted by molar-refractivity contribution is 5.67. The van der Waals surface area contributed by atoms with Crippen LogP contribution >= 0.6 is 0 Å². The smallest absolute Gasteiger partial charge is 0.251 e. The zero-order valence-corrected chi connectivity index (χ0v) is 17.1. The predicted octanol–water partition coefficient (Wildman–Crippen LogP) is 4.00. The van der Waals surface area contributed by atoms with Gasteiger partial charge in [-0.3, -0.25) is 9.78 Å². The largest absolute Gasteiger partial charge is 0.354 e. The monoisotopic (exact) mass is 401 g/mol. The molecule has 0 bridgehead atoms. The van der Waals surface area contributed by atoms with Crippen molar-refractivity contribution in [3.05, 3.63) is 76.5 Å². The number of benzene rings is 1. The maximum absolute atomic E-state index is 12.0. The van der Waals surface area contributed by atoms with E-state index in [4.69, 9.17) is 4.52 Å². The van der Waals surface area contributed by atoms with Crippen LogP contribution in [0.5, 0.6) is 0 Å². The first-order valence-corrected chi connectivity index (χ1v) is 9.81. The first-order chi connectivity index (χ1) is 14.5. The van der Waals surface area contributed by atoms with Crippen LogP contribution in [0.1, 0.15) is 30.9 Å². The van der Waals surface area contributed by atoms with Gasteiger partial charge < -0.3 is 14.8 Å². The molecular formula is C23H23N5O2. The van der Waals surface area contributed by atoms with Crippen molar-refractivity contribution in [2.75, 3.05) is 7.05 Å². The topological polar surface area (TPSA) is 96.7 Å². The van der Waals surface area contributed by atoms with Crippen LogP contribution in [0.2, 0.25) is 0 Å². The summed E-state index contributed by atoms with van der Waals surface area (Å²) in [5.41, 5.74) is 5.56. The van der Waals surface area contributed by atoms with Crippen LogP contribution in [0.25, 0.3) is 34.0 Å². The van der Waals surface area contributed by atoms with E-state index in [0.717, 1.165) is 23.4 Å². The van der Waals surface area contributed by atoms with Gasteiger partial charge in [0.2, 0.25) is 0 Å². The maximum atomic E-state index is 12.0. The van der Waals surface area contributed by atoms with Crippen LogP contribution in [-0.4, -0.2) is 27.2 Å². The summed E-state index contributed by atoms with van der Waals surface area (Å²) in [5.74, 6) is 0.647. The molecule has 0 aliphatic heterocycles. The Balaban J connectivity index is 1.64. The van der Waals surface area contributed by atoms with Crippen molar-refractivity contribution in [2.45, 2.75) is 26.3 Å². The van der Waals surface area contributed by atoms with E-state index in [1.165, 1.54) is 5.56 Å². The fourth-order valence-electron chi connectivity index (χ4n) is 3.23. The lowest BCUT2D eigenvalue weighted by Gasteiger charge is -2.07. The molecule has 2 N–H and O–H groups in total. The van der Waals surface area contributed by atoms with Crippen molar-refractivity contribution < 1.29 is 4.52 Å². The lowest BCUT2D eigenvalue weighted by Crippen LogP contribution is -2.13. The Morgan fingerprint density at radius 2 is 1.80 bits per heavy atom. The number of hydrogen-bond donors (Lipinski definition) is 2. The van der Waals surface area contributed by atoms with Crippen molar-refractivity contribution >= 4 is 0 Å². The summed E-state index contributed by atoms with van der Waals surface area (Å²) < 4.78 is 5.53. The van der Waals surface area contributed by atoms with Crippen LogP contribution in [-0.2, 0) is 6.54 Å². The van der Waals surface area contributed by atoms with Crippen LogP contribution in [0.3, 0.4) is 0 Å². The molecule has 0 fully saturated rings. The Morgan fingerprint density at radius 3 is 2.53 bits per heavy atom. The number of aromatic nitrogens is 4. The van der Waals surface area contributed by atoms with E-state index in [1.54, 1.807) is 18.6 Å². The van der Waals surface area contributed by atoms with E-state index in [2.05, 4.69) is 37.6 Å². The van der Waals surface area contributed by atoms with Crippen molar-refractivity contribution in [2.24, 2.45) is 0 Å². The number of nitrogens with one attached hydrogen (secondary N) is 2. The van der Waals surface area contributed by atoms with Gasteiger partial charge in [0, 0.05) is 35.5 Å². The van der Waals surface area contributed by atoms with E-state index in [9.17, 15) is 4.79 Å². The fourth-order valence-corrected chi connectivity index (χ4v) is 3.23. The number of hydrogen-bond acceptors (Lipinski definition) is 6. The number of nitrogens with zero attached hydrogens (tertiary/aromatic N) is 3. The van der Waals surface area contributed by atoms with Gasteiger partial charge in [-0.1, -0.05) is 43.3 Å². The Kier molecular flexibility index (Phi) is 5.54. The molecule has 0 radical (unpaired) electrons. The summed E-state index contributed by atoms with van der Waals surface area (Å²) >= 11 is 0. The number of H-pyrrole nitrogens is 1.